The predicted molar refractivity (Wildman–Crippen MR) is 178 cm³/mol. The lowest BCUT2D eigenvalue weighted by Gasteiger charge is -2.34. The molecule has 8 nitrogen and oxygen atoms in total. The lowest BCUT2D eigenvalue weighted by Crippen LogP contribution is -2.53. The number of ether oxygens (including phenoxy) is 1. The third-order valence-corrected chi connectivity index (χ3v) is 9.41. The molecule has 0 aliphatic heterocycles. The number of carbonyl (C=O) groups is 2. The van der Waals surface area contributed by atoms with E-state index in [1.54, 1.807) is 54.6 Å². The van der Waals surface area contributed by atoms with Crippen LogP contribution in [0.25, 0.3) is 0 Å². The largest absolute Gasteiger partial charge is 0.495 e. The SMILES string of the molecule is CCCCNC(=O)[C@H](Cc1ccccc1)N(Cc1ccccc1F)C(=O)CN(c1ccccc1OC)S(=O)(=O)c1ccc(C)cc1. The molecule has 0 fully saturated rings. The smallest absolute Gasteiger partial charge is 0.264 e. The second-order valence-corrected chi connectivity index (χ2v) is 12.8. The monoisotopic (exact) mass is 645 g/mol. The molecule has 0 unspecified atom stereocenters. The first-order chi connectivity index (χ1) is 22.1. The maximum absolute atomic E-state index is 15.1. The predicted octanol–water partition coefficient (Wildman–Crippen LogP) is 5.89. The molecule has 4 aromatic rings. The zero-order valence-corrected chi connectivity index (χ0v) is 27.2. The molecule has 1 atom stereocenters. The van der Waals surface area contributed by atoms with Gasteiger partial charge in [-0.15, -0.1) is 0 Å². The Labute approximate surface area is 270 Å². The number of methoxy groups -OCH3 is 1. The number of anilines is 1. The van der Waals surface area contributed by atoms with E-state index >= 15 is 4.39 Å². The van der Waals surface area contributed by atoms with E-state index < -0.39 is 40.2 Å². The molecule has 0 saturated heterocycles. The number of unbranched alkanes of at least 4 members (excludes halogenated alkanes) is 1. The van der Waals surface area contributed by atoms with Crippen molar-refractivity contribution < 1.29 is 27.1 Å². The van der Waals surface area contributed by atoms with Gasteiger partial charge in [0.15, 0.2) is 0 Å². The first-order valence-corrected chi connectivity index (χ1v) is 16.7. The summed E-state index contributed by atoms with van der Waals surface area (Å²) in [4.78, 5) is 29.6. The first kappa shape index (κ1) is 34.2. The van der Waals surface area contributed by atoms with Crippen molar-refractivity contribution in [3.63, 3.8) is 0 Å². The van der Waals surface area contributed by atoms with Crippen molar-refractivity contribution in [3.8, 4) is 5.75 Å². The summed E-state index contributed by atoms with van der Waals surface area (Å²) in [5.74, 6) is -1.40. The number of aryl methyl sites for hydroxylation is 1. The van der Waals surface area contributed by atoms with Gasteiger partial charge in [0.1, 0.15) is 24.2 Å². The highest BCUT2D eigenvalue weighted by Gasteiger charge is 2.35. The average molecular weight is 646 g/mol. The van der Waals surface area contributed by atoms with E-state index in [1.165, 1.54) is 30.2 Å². The van der Waals surface area contributed by atoms with Gasteiger partial charge < -0.3 is 15.0 Å². The number of hydrogen-bond donors (Lipinski definition) is 1. The van der Waals surface area contributed by atoms with Gasteiger partial charge in [-0.1, -0.05) is 91.7 Å². The zero-order valence-electron chi connectivity index (χ0n) is 26.4. The molecule has 0 heterocycles. The van der Waals surface area contributed by atoms with Gasteiger partial charge in [-0.25, -0.2) is 12.8 Å². The molecule has 4 aromatic carbocycles. The Morgan fingerprint density at radius 1 is 0.891 bits per heavy atom. The van der Waals surface area contributed by atoms with E-state index in [1.807, 2.05) is 44.2 Å². The first-order valence-electron chi connectivity index (χ1n) is 15.2. The molecule has 0 radical (unpaired) electrons. The van der Waals surface area contributed by atoms with Crippen molar-refractivity contribution in [3.05, 3.63) is 126 Å². The fourth-order valence-electron chi connectivity index (χ4n) is 5.06. The van der Waals surface area contributed by atoms with Gasteiger partial charge in [0.25, 0.3) is 10.0 Å². The topological polar surface area (TPSA) is 96.0 Å². The highest BCUT2D eigenvalue weighted by atomic mass is 32.2. The lowest BCUT2D eigenvalue weighted by molar-refractivity contribution is -0.140. The Hall–Kier alpha value is -4.70. The highest BCUT2D eigenvalue weighted by Crippen LogP contribution is 2.33. The van der Waals surface area contributed by atoms with Crippen LogP contribution in [-0.2, 0) is 32.6 Å². The molecular formula is C36H40FN3O5S. The lowest BCUT2D eigenvalue weighted by atomic mass is 10.0. The van der Waals surface area contributed by atoms with Gasteiger partial charge in [-0.3, -0.25) is 13.9 Å². The number of nitrogens with one attached hydrogen (secondary N) is 1. The van der Waals surface area contributed by atoms with Crippen LogP contribution in [0.5, 0.6) is 5.75 Å². The molecule has 10 heteroatoms. The summed E-state index contributed by atoms with van der Waals surface area (Å²) in [7, 11) is -2.89. The summed E-state index contributed by atoms with van der Waals surface area (Å²) < 4.78 is 50.0. The minimum absolute atomic E-state index is 0.0180. The number of nitrogens with zero attached hydrogens (tertiary/aromatic N) is 2. The molecule has 1 N–H and O–H groups in total. The van der Waals surface area contributed by atoms with Gasteiger partial charge >= 0.3 is 0 Å². The standard InChI is InChI=1S/C36H40FN3O5S/c1-4-5-23-38-36(42)33(24-28-13-7-6-8-14-28)39(25-29-15-9-10-16-31(29)37)35(41)26-40(32-17-11-12-18-34(32)45-3)46(43,44)30-21-19-27(2)20-22-30/h6-22,33H,4-5,23-26H2,1-3H3,(H,38,42)/t33-/m0/s1. The number of para-hydroxylation sites is 2. The number of carbonyl (C=O) groups excluding carboxylic acids is 2. The molecule has 0 saturated carbocycles. The van der Waals surface area contributed by atoms with Gasteiger partial charge in [0.2, 0.25) is 11.8 Å². The van der Waals surface area contributed by atoms with Crippen molar-refractivity contribution in [1.29, 1.82) is 0 Å². The Morgan fingerprint density at radius 3 is 2.22 bits per heavy atom. The third-order valence-electron chi connectivity index (χ3n) is 7.64. The van der Waals surface area contributed by atoms with E-state index in [0.717, 1.165) is 28.3 Å². The van der Waals surface area contributed by atoms with Crippen LogP contribution in [0.3, 0.4) is 0 Å². The van der Waals surface area contributed by atoms with Crippen molar-refractivity contribution >= 4 is 27.5 Å². The summed E-state index contributed by atoms with van der Waals surface area (Å²) in [5.41, 5.74) is 2.00. The normalized spacial score (nSPS) is 11.8. The minimum Gasteiger partial charge on any atom is -0.495 e. The van der Waals surface area contributed by atoms with Gasteiger partial charge in [-0.05, 0) is 49.2 Å². The van der Waals surface area contributed by atoms with E-state index in [2.05, 4.69) is 5.32 Å². The fraction of sp³-hybridized carbons (Fsp3) is 0.278. The number of amides is 2. The maximum atomic E-state index is 15.1. The molecule has 0 aliphatic carbocycles. The maximum Gasteiger partial charge on any atom is 0.264 e. The van der Waals surface area contributed by atoms with Crippen molar-refractivity contribution in [1.82, 2.24) is 10.2 Å². The number of benzene rings is 4. The quantitative estimate of drug-likeness (QED) is 0.163. The highest BCUT2D eigenvalue weighted by molar-refractivity contribution is 7.92. The van der Waals surface area contributed by atoms with Crippen LogP contribution < -0.4 is 14.4 Å². The van der Waals surface area contributed by atoms with Crippen LogP contribution in [0.1, 0.15) is 36.5 Å². The Morgan fingerprint density at radius 2 is 1.54 bits per heavy atom. The molecule has 0 aromatic heterocycles. The van der Waals surface area contributed by atoms with Gasteiger partial charge in [0, 0.05) is 25.1 Å². The van der Waals surface area contributed by atoms with Crippen molar-refractivity contribution in [2.24, 2.45) is 0 Å². The van der Waals surface area contributed by atoms with Crippen LogP contribution in [-0.4, -0.2) is 51.4 Å². The fourth-order valence-corrected chi connectivity index (χ4v) is 6.48. The second kappa shape index (κ2) is 16.0. The van der Waals surface area contributed by atoms with Crippen LogP contribution in [0.2, 0.25) is 0 Å². The Balaban J connectivity index is 1.82. The van der Waals surface area contributed by atoms with Crippen LogP contribution in [0, 0.1) is 12.7 Å². The molecule has 2 amide bonds. The number of sulfonamides is 1. The van der Waals surface area contributed by atoms with E-state index in [-0.39, 0.29) is 34.9 Å². The van der Waals surface area contributed by atoms with Gasteiger partial charge in [-0.2, -0.15) is 0 Å². The molecular weight excluding hydrogens is 605 g/mol. The van der Waals surface area contributed by atoms with Crippen molar-refractivity contribution in [2.45, 2.75) is 50.6 Å². The van der Waals surface area contributed by atoms with Crippen LogP contribution in [0.4, 0.5) is 10.1 Å². The summed E-state index contributed by atoms with van der Waals surface area (Å²) in [6.45, 7) is 3.32. The summed E-state index contributed by atoms with van der Waals surface area (Å²) in [6, 6.07) is 27.0. The van der Waals surface area contributed by atoms with Crippen LogP contribution >= 0.6 is 0 Å². The van der Waals surface area contributed by atoms with Gasteiger partial charge in [0.05, 0.1) is 17.7 Å². The van der Waals surface area contributed by atoms with E-state index in [9.17, 15) is 18.0 Å². The number of rotatable bonds is 15. The van der Waals surface area contributed by atoms with E-state index in [4.69, 9.17) is 4.74 Å². The molecule has 46 heavy (non-hydrogen) atoms. The summed E-state index contributed by atoms with van der Waals surface area (Å²) >= 11 is 0. The average Bonchev–Trinajstić information content (AvgIpc) is 3.06. The molecule has 242 valence electrons. The molecule has 0 spiro atoms. The third kappa shape index (κ3) is 8.51. The zero-order chi connectivity index (χ0) is 33.1. The minimum atomic E-state index is -4.30. The van der Waals surface area contributed by atoms with Crippen molar-refractivity contribution in [2.75, 3.05) is 24.5 Å². The Kier molecular flexibility index (Phi) is 11.9. The van der Waals surface area contributed by atoms with Crippen LogP contribution in [0.15, 0.2) is 108 Å². The van der Waals surface area contributed by atoms with E-state index in [0.29, 0.717) is 6.54 Å². The summed E-state index contributed by atoms with van der Waals surface area (Å²) in [5, 5.41) is 2.93. The molecule has 0 aliphatic rings. The number of hydrogen-bond acceptors (Lipinski definition) is 5. The number of halogens is 1. The molecule has 4 rings (SSSR count). The second-order valence-electron chi connectivity index (χ2n) is 11.0. The molecule has 0 bridgehead atoms. The Bertz CT molecular complexity index is 1720. The summed E-state index contributed by atoms with van der Waals surface area (Å²) in [6.07, 6.45) is 1.73.